The molecule has 5 rings (SSSR count). The molecule has 4 N–H and O–H groups in total. The number of aryl methyl sites for hydroxylation is 1. The third-order valence-corrected chi connectivity index (χ3v) is 8.64. The first kappa shape index (κ1) is 35.5. The number of nitrogens with one attached hydrogen (secondary N) is 4. The zero-order valence-electron chi connectivity index (χ0n) is 27.3. The first-order valence-electron chi connectivity index (χ1n) is 16.2. The molecule has 0 bridgehead atoms. The van der Waals surface area contributed by atoms with Gasteiger partial charge in [-0.1, -0.05) is 47.8 Å². The van der Waals surface area contributed by atoms with E-state index in [0.717, 1.165) is 25.2 Å². The van der Waals surface area contributed by atoms with Crippen LogP contribution in [0.2, 0.25) is 10.0 Å². The van der Waals surface area contributed by atoms with Gasteiger partial charge in [0.05, 0.1) is 21.4 Å². The van der Waals surface area contributed by atoms with Crippen LogP contribution in [-0.4, -0.2) is 70.2 Å². The van der Waals surface area contributed by atoms with Crippen LogP contribution in [0.25, 0.3) is 22.4 Å². The molecule has 4 amide bonds. The van der Waals surface area contributed by atoms with Crippen molar-refractivity contribution in [1.29, 1.82) is 0 Å². The van der Waals surface area contributed by atoms with E-state index in [9.17, 15) is 19.2 Å². The van der Waals surface area contributed by atoms with Gasteiger partial charge < -0.3 is 26.2 Å². The van der Waals surface area contributed by atoms with Gasteiger partial charge in [0.1, 0.15) is 5.69 Å². The number of carbonyl (C=O) groups is 3. The molecule has 3 heterocycles. The van der Waals surface area contributed by atoms with Gasteiger partial charge in [-0.25, -0.2) is 9.48 Å². The molecule has 0 radical (unpaired) electrons. The van der Waals surface area contributed by atoms with Gasteiger partial charge in [0.25, 0.3) is 17.4 Å². The molecule has 49 heavy (non-hydrogen) atoms. The van der Waals surface area contributed by atoms with Crippen LogP contribution in [0.4, 0.5) is 16.2 Å². The fourth-order valence-corrected chi connectivity index (χ4v) is 6.03. The number of nitrogens with zero attached hydrogens (tertiary/aromatic N) is 4. The fraction of sp³-hybridized carbons (Fsp3) is 0.314. The average Bonchev–Trinajstić information content (AvgIpc) is 3.11. The maximum absolute atomic E-state index is 13.3. The summed E-state index contributed by atoms with van der Waals surface area (Å²) in [6.07, 6.45) is 6.25. The Balaban J connectivity index is 1.43. The Morgan fingerprint density at radius 3 is 2.16 bits per heavy atom. The summed E-state index contributed by atoms with van der Waals surface area (Å²) in [5, 5.41) is 15.7. The van der Waals surface area contributed by atoms with Crippen LogP contribution in [0.3, 0.4) is 0 Å². The SMILES string of the molecule is CCNC(=O)c1cc(C(=O)NCCN2CCCCC2)cc(-c2cccc(-c3cc(NC(=O)Nc4c(Cl)cncc4Cl)c(=O)n(CC)n3)c2)c1. The van der Waals surface area contributed by atoms with Crippen molar-refractivity contribution < 1.29 is 14.4 Å². The minimum Gasteiger partial charge on any atom is -0.352 e. The first-order valence-corrected chi connectivity index (χ1v) is 17.0. The Kier molecular flexibility index (Phi) is 12.0. The summed E-state index contributed by atoms with van der Waals surface area (Å²) in [4.78, 5) is 58.5. The predicted octanol–water partition coefficient (Wildman–Crippen LogP) is 5.91. The number of halogens is 2. The van der Waals surface area contributed by atoms with Crippen molar-refractivity contribution in [2.75, 3.05) is 43.4 Å². The molecule has 256 valence electrons. The highest BCUT2D eigenvalue weighted by atomic mass is 35.5. The summed E-state index contributed by atoms with van der Waals surface area (Å²) >= 11 is 12.3. The number of aromatic nitrogens is 3. The molecule has 0 aliphatic carbocycles. The average molecular weight is 706 g/mol. The molecule has 0 spiro atoms. The zero-order chi connectivity index (χ0) is 34.9. The number of piperidine rings is 1. The first-order chi connectivity index (χ1) is 23.7. The number of pyridine rings is 1. The Bertz CT molecular complexity index is 1890. The highest BCUT2D eigenvalue weighted by molar-refractivity contribution is 6.39. The van der Waals surface area contributed by atoms with Crippen molar-refractivity contribution in [2.45, 2.75) is 39.7 Å². The lowest BCUT2D eigenvalue weighted by Gasteiger charge is -2.26. The molecule has 0 unspecified atom stereocenters. The highest BCUT2D eigenvalue weighted by Gasteiger charge is 2.18. The van der Waals surface area contributed by atoms with Crippen molar-refractivity contribution in [1.82, 2.24) is 30.3 Å². The molecule has 0 saturated carbocycles. The van der Waals surface area contributed by atoms with E-state index in [1.807, 2.05) is 31.2 Å². The van der Waals surface area contributed by atoms with Gasteiger partial charge in [-0.3, -0.25) is 19.4 Å². The third kappa shape index (κ3) is 9.02. The van der Waals surface area contributed by atoms with E-state index >= 15 is 0 Å². The number of hydrogen-bond donors (Lipinski definition) is 4. The van der Waals surface area contributed by atoms with Gasteiger partial charge in [-0.05, 0) is 81.2 Å². The van der Waals surface area contributed by atoms with E-state index in [0.29, 0.717) is 41.0 Å². The number of rotatable bonds is 11. The quantitative estimate of drug-likeness (QED) is 0.152. The molecular weight excluding hydrogens is 667 g/mol. The minimum atomic E-state index is -0.732. The lowest BCUT2D eigenvalue weighted by molar-refractivity contribution is 0.0946. The lowest BCUT2D eigenvalue weighted by Crippen LogP contribution is -2.37. The van der Waals surface area contributed by atoms with Crippen LogP contribution in [0.15, 0.2) is 65.7 Å². The molecule has 1 fully saturated rings. The Labute approximate surface area is 294 Å². The topological polar surface area (TPSA) is 150 Å². The second-order valence-corrected chi connectivity index (χ2v) is 12.3. The largest absolute Gasteiger partial charge is 0.352 e. The van der Waals surface area contributed by atoms with Gasteiger partial charge in [0, 0.05) is 55.3 Å². The summed E-state index contributed by atoms with van der Waals surface area (Å²) in [5.41, 5.74) is 2.78. The molecule has 0 atom stereocenters. The van der Waals surface area contributed by atoms with Crippen LogP contribution in [-0.2, 0) is 6.54 Å². The van der Waals surface area contributed by atoms with Crippen molar-refractivity contribution in [3.63, 3.8) is 0 Å². The molecule has 1 saturated heterocycles. The van der Waals surface area contributed by atoms with Crippen LogP contribution in [0.5, 0.6) is 0 Å². The molecule has 12 nitrogen and oxygen atoms in total. The van der Waals surface area contributed by atoms with Crippen molar-refractivity contribution in [3.05, 3.63) is 92.5 Å². The number of benzene rings is 2. The van der Waals surface area contributed by atoms with Gasteiger partial charge >= 0.3 is 6.03 Å². The summed E-state index contributed by atoms with van der Waals surface area (Å²) < 4.78 is 1.24. The number of anilines is 2. The number of amides is 4. The number of likely N-dealkylation sites (tertiary alicyclic amines) is 1. The Morgan fingerprint density at radius 1 is 0.816 bits per heavy atom. The monoisotopic (exact) mass is 704 g/mol. The molecular formula is C35H38Cl2N8O4. The number of hydrogen-bond acceptors (Lipinski definition) is 7. The van der Waals surface area contributed by atoms with Crippen LogP contribution in [0, 0.1) is 0 Å². The standard InChI is InChI=1S/C35H38Cl2N8O4/c1-3-39-32(46)25-16-24(17-26(18-25)33(47)40-11-14-44-12-6-5-7-13-44)22-9-8-10-23(15-22)29-19-30(34(48)45(4-2)43-29)41-35(49)42-31-27(36)20-38-21-28(31)37/h8-10,15-21H,3-7,11-14H2,1-2H3,(H,39,46)(H,40,47)(H2,38,41,42,49). The summed E-state index contributed by atoms with van der Waals surface area (Å²) in [7, 11) is 0. The second kappa shape index (κ2) is 16.6. The van der Waals surface area contributed by atoms with E-state index < -0.39 is 11.6 Å². The number of urea groups is 1. The summed E-state index contributed by atoms with van der Waals surface area (Å²) in [6, 6.07) is 13.2. The van der Waals surface area contributed by atoms with Gasteiger partial charge in [-0.15, -0.1) is 0 Å². The second-order valence-electron chi connectivity index (χ2n) is 11.5. The molecule has 2 aromatic carbocycles. The molecule has 1 aliphatic rings. The summed E-state index contributed by atoms with van der Waals surface area (Å²) in [5.74, 6) is -0.552. The predicted molar refractivity (Wildman–Crippen MR) is 193 cm³/mol. The van der Waals surface area contributed by atoms with Gasteiger partial charge in [-0.2, -0.15) is 5.10 Å². The van der Waals surface area contributed by atoms with E-state index in [4.69, 9.17) is 23.2 Å². The molecule has 4 aromatic rings. The Hall–Kier alpha value is -4.78. The van der Waals surface area contributed by atoms with Gasteiger partial charge in [0.2, 0.25) is 0 Å². The smallest absolute Gasteiger partial charge is 0.323 e. The fourth-order valence-electron chi connectivity index (χ4n) is 5.57. The van der Waals surface area contributed by atoms with E-state index in [1.165, 1.54) is 42.4 Å². The lowest BCUT2D eigenvalue weighted by atomic mass is 9.97. The Morgan fingerprint density at radius 2 is 1.49 bits per heavy atom. The van der Waals surface area contributed by atoms with E-state index in [1.54, 1.807) is 25.1 Å². The molecule has 14 heteroatoms. The maximum atomic E-state index is 13.3. The van der Waals surface area contributed by atoms with Crippen molar-refractivity contribution in [2.24, 2.45) is 0 Å². The summed E-state index contributed by atoms with van der Waals surface area (Å²) in [6.45, 7) is 7.63. The normalized spacial score (nSPS) is 13.1. The van der Waals surface area contributed by atoms with Gasteiger partial charge in [0.15, 0.2) is 0 Å². The minimum absolute atomic E-state index is 0.0159. The maximum Gasteiger partial charge on any atom is 0.323 e. The number of carbonyl (C=O) groups excluding carboxylic acids is 3. The van der Waals surface area contributed by atoms with Crippen molar-refractivity contribution in [3.8, 4) is 22.4 Å². The van der Waals surface area contributed by atoms with E-state index in [2.05, 4.69) is 36.2 Å². The molecule has 1 aliphatic heterocycles. The highest BCUT2D eigenvalue weighted by Crippen LogP contribution is 2.30. The van der Waals surface area contributed by atoms with E-state index in [-0.39, 0.29) is 39.8 Å². The van der Waals surface area contributed by atoms with Crippen LogP contribution in [0.1, 0.15) is 53.8 Å². The van der Waals surface area contributed by atoms with Crippen LogP contribution < -0.4 is 26.8 Å². The molecule has 2 aromatic heterocycles. The zero-order valence-corrected chi connectivity index (χ0v) is 28.8. The van der Waals surface area contributed by atoms with Crippen LogP contribution >= 0.6 is 23.2 Å². The van der Waals surface area contributed by atoms with Crippen molar-refractivity contribution >= 4 is 52.4 Å². The third-order valence-electron chi connectivity index (χ3n) is 8.06.